The maximum atomic E-state index is 11.5. The lowest BCUT2D eigenvalue weighted by Crippen LogP contribution is -2.25. The zero-order valence-electron chi connectivity index (χ0n) is 14.5. The highest BCUT2D eigenvalue weighted by Crippen LogP contribution is 2.50. The smallest absolute Gasteiger partial charge is 0.331 e. The molecule has 1 N–H and O–H groups in total. The number of carboxylic acid groups (broad SMARTS) is 1. The standard InChI is InChI=1S/C20H30O2/c1-14(2)17-11-13-20(4)12-10-15(3)6-5-7-16(19(21)22)8-9-18(17)20/h7,10-11,14,18H,5-6,8-9,12-13H2,1-4H3,(H,21,22). The summed E-state index contributed by atoms with van der Waals surface area (Å²) in [6, 6.07) is 0. The summed E-state index contributed by atoms with van der Waals surface area (Å²) in [5.41, 5.74) is 3.79. The molecule has 22 heavy (non-hydrogen) atoms. The Morgan fingerprint density at radius 1 is 1.23 bits per heavy atom. The van der Waals surface area contributed by atoms with Crippen LogP contribution in [0.4, 0.5) is 0 Å². The second kappa shape index (κ2) is 6.85. The summed E-state index contributed by atoms with van der Waals surface area (Å²) < 4.78 is 0. The summed E-state index contributed by atoms with van der Waals surface area (Å²) in [6.45, 7) is 9.08. The van der Waals surface area contributed by atoms with Gasteiger partial charge in [-0.1, -0.05) is 50.1 Å². The highest BCUT2D eigenvalue weighted by Gasteiger charge is 2.40. The van der Waals surface area contributed by atoms with Crippen molar-refractivity contribution >= 4 is 5.97 Å². The van der Waals surface area contributed by atoms with E-state index < -0.39 is 5.97 Å². The molecule has 2 aliphatic rings. The lowest BCUT2D eigenvalue weighted by atomic mass is 9.70. The molecule has 122 valence electrons. The van der Waals surface area contributed by atoms with Gasteiger partial charge >= 0.3 is 5.97 Å². The zero-order chi connectivity index (χ0) is 16.3. The van der Waals surface area contributed by atoms with E-state index in [0.717, 1.165) is 32.1 Å². The fourth-order valence-electron chi connectivity index (χ4n) is 4.00. The molecule has 0 bridgehead atoms. The number of hydrogen-bond donors (Lipinski definition) is 1. The van der Waals surface area contributed by atoms with Crippen LogP contribution >= 0.6 is 0 Å². The van der Waals surface area contributed by atoms with Gasteiger partial charge in [0, 0.05) is 5.57 Å². The largest absolute Gasteiger partial charge is 0.478 e. The van der Waals surface area contributed by atoms with Crippen LogP contribution in [0.3, 0.4) is 0 Å². The fraction of sp³-hybridized carbons (Fsp3) is 0.650. The summed E-state index contributed by atoms with van der Waals surface area (Å²) in [6.07, 6.45) is 12.5. The molecule has 2 aliphatic carbocycles. The summed E-state index contributed by atoms with van der Waals surface area (Å²) in [7, 11) is 0. The summed E-state index contributed by atoms with van der Waals surface area (Å²) in [5, 5.41) is 9.44. The van der Waals surface area contributed by atoms with Crippen molar-refractivity contribution in [2.24, 2.45) is 17.3 Å². The minimum Gasteiger partial charge on any atom is -0.478 e. The van der Waals surface area contributed by atoms with E-state index in [1.165, 1.54) is 11.1 Å². The van der Waals surface area contributed by atoms with Gasteiger partial charge in [-0.3, -0.25) is 0 Å². The maximum absolute atomic E-state index is 11.5. The predicted molar refractivity (Wildman–Crippen MR) is 91.7 cm³/mol. The van der Waals surface area contributed by atoms with E-state index in [9.17, 15) is 9.90 Å². The van der Waals surface area contributed by atoms with Crippen LogP contribution in [0.5, 0.6) is 0 Å². The molecule has 0 aromatic rings. The van der Waals surface area contributed by atoms with E-state index in [0.29, 0.717) is 23.8 Å². The summed E-state index contributed by atoms with van der Waals surface area (Å²) in [5.74, 6) is 0.326. The van der Waals surface area contributed by atoms with E-state index in [2.05, 4.69) is 39.8 Å². The van der Waals surface area contributed by atoms with Gasteiger partial charge < -0.3 is 5.11 Å². The molecular weight excluding hydrogens is 272 g/mol. The Labute approximate surface area is 135 Å². The number of carbonyl (C=O) groups is 1. The number of carboxylic acids is 1. The van der Waals surface area contributed by atoms with Gasteiger partial charge in [0.1, 0.15) is 0 Å². The molecule has 0 aromatic carbocycles. The Balaban J connectivity index is 2.31. The lowest BCUT2D eigenvalue weighted by Gasteiger charge is -2.34. The zero-order valence-corrected chi connectivity index (χ0v) is 14.5. The van der Waals surface area contributed by atoms with Gasteiger partial charge in [0.15, 0.2) is 0 Å². The normalized spacial score (nSPS) is 30.0. The quantitative estimate of drug-likeness (QED) is 0.682. The Kier molecular flexibility index (Phi) is 5.31. The fourth-order valence-corrected chi connectivity index (χ4v) is 4.00. The van der Waals surface area contributed by atoms with Crippen molar-refractivity contribution in [1.29, 1.82) is 0 Å². The van der Waals surface area contributed by atoms with Gasteiger partial charge in [0.2, 0.25) is 0 Å². The van der Waals surface area contributed by atoms with Crippen molar-refractivity contribution < 1.29 is 9.90 Å². The third-order valence-electron chi connectivity index (χ3n) is 5.54. The number of rotatable bonds is 2. The van der Waals surface area contributed by atoms with Crippen molar-refractivity contribution in [3.63, 3.8) is 0 Å². The molecule has 0 spiro atoms. The van der Waals surface area contributed by atoms with Crippen LogP contribution in [0.25, 0.3) is 0 Å². The Morgan fingerprint density at radius 3 is 2.55 bits per heavy atom. The second-order valence-electron chi connectivity index (χ2n) is 7.64. The highest BCUT2D eigenvalue weighted by molar-refractivity contribution is 5.86. The SMILES string of the molecule is CC1=CCC2(C)CC=C(C(C)C)C2CCC(C(=O)O)=CCC1. The molecular formula is C20H30O2. The minimum absolute atomic E-state index is 0.259. The Hall–Kier alpha value is -1.31. The molecule has 0 aliphatic heterocycles. The summed E-state index contributed by atoms with van der Waals surface area (Å²) >= 11 is 0. The van der Waals surface area contributed by atoms with E-state index in [1.54, 1.807) is 0 Å². The molecule has 0 heterocycles. The molecule has 2 nitrogen and oxygen atoms in total. The summed E-state index contributed by atoms with van der Waals surface area (Å²) in [4.78, 5) is 11.5. The third-order valence-corrected chi connectivity index (χ3v) is 5.54. The number of allylic oxidation sites excluding steroid dienone is 5. The van der Waals surface area contributed by atoms with Crippen molar-refractivity contribution in [2.75, 3.05) is 0 Å². The van der Waals surface area contributed by atoms with Crippen LogP contribution in [0.2, 0.25) is 0 Å². The lowest BCUT2D eigenvalue weighted by molar-refractivity contribution is -0.132. The molecule has 2 atom stereocenters. The van der Waals surface area contributed by atoms with Crippen LogP contribution in [0.1, 0.15) is 66.2 Å². The molecule has 0 saturated heterocycles. The number of aliphatic carboxylic acids is 1. The first kappa shape index (κ1) is 17.1. The van der Waals surface area contributed by atoms with Crippen LogP contribution in [0.15, 0.2) is 34.9 Å². The van der Waals surface area contributed by atoms with Crippen LogP contribution < -0.4 is 0 Å². The molecule has 2 unspecified atom stereocenters. The highest BCUT2D eigenvalue weighted by atomic mass is 16.4. The number of fused-ring (bicyclic) bond motifs is 1. The molecule has 0 aromatic heterocycles. The first-order chi connectivity index (χ1) is 10.3. The van der Waals surface area contributed by atoms with Gasteiger partial charge in [-0.15, -0.1) is 0 Å². The van der Waals surface area contributed by atoms with Gasteiger partial charge in [-0.25, -0.2) is 4.79 Å². The number of hydrogen-bond acceptors (Lipinski definition) is 1. The Bertz CT molecular complexity index is 522. The minimum atomic E-state index is -0.740. The van der Waals surface area contributed by atoms with Crippen molar-refractivity contribution in [1.82, 2.24) is 0 Å². The predicted octanol–water partition coefficient (Wildman–Crippen LogP) is 5.52. The first-order valence-electron chi connectivity index (χ1n) is 8.61. The van der Waals surface area contributed by atoms with E-state index >= 15 is 0 Å². The van der Waals surface area contributed by atoms with Crippen molar-refractivity contribution in [3.8, 4) is 0 Å². The van der Waals surface area contributed by atoms with E-state index in [1.807, 2.05) is 6.08 Å². The van der Waals surface area contributed by atoms with Gasteiger partial charge in [0.05, 0.1) is 0 Å². The van der Waals surface area contributed by atoms with Crippen molar-refractivity contribution in [2.45, 2.75) is 66.2 Å². The maximum Gasteiger partial charge on any atom is 0.331 e. The van der Waals surface area contributed by atoms with Gasteiger partial charge in [-0.05, 0) is 62.7 Å². The van der Waals surface area contributed by atoms with Crippen molar-refractivity contribution in [3.05, 3.63) is 34.9 Å². The van der Waals surface area contributed by atoms with Crippen LogP contribution in [-0.2, 0) is 4.79 Å². The third kappa shape index (κ3) is 3.71. The molecule has 0 radical (unpaired) electrons. The molecule has 0 amide bonds. The monoisotopic (exact) mass is 302 g/mol. The van der Waals surface area contributed by atoms with E-state index in [4.69, 9.17) is 0 Å². The topological polar surface area (TPSA) is 37.3 Å². The first-order valence-corrected chi connectivity index (χ1v) is 8.61. The Morgan fingerprint density at radius 2 is 1.91 bits per heavy atom. The molecule has 2 heteroatoms. The van der Waals surface area contributed by atoms with Gasteiger partial charge in [-0.2, -0.15) is 0 Å². The average molecular weight is 302 g/mol. The molecule has 2 rings (SSSR count). The molecule has 0 saturated carbocycles. The average Bonchev–Trinajstić information content (AvgIpc) is 2.76. The molecule has 0 fully saturated rings. The van der Waals surface area contributed by atoms with Crippen LogP contribution in [0, 0.1) is 17.3 Å². The second-order valence-corrected chi connectivity index (χ2v) is 7.64. The van der Waals surface area contributed by atoms with Crippen LogP contribution in [-0.4, -0.2) is 11.1 Å². The van der Waals surface area contributed by atoms with E-state index in [-0.39, 0.29) is 5.41 Å². The van der Waals surface area contributed by atoms with Gasteiger partial charge in [0.25, 0.3) is 0 Å².